The lowest BCUT2D eigenvalue weighted by Gasteiger charge is -2.32. The van der Waals surface area contributed by atoms with Gasteiger partial charge in [-0.2, -0.15) is 13.2 Å². The zero-order chi connectivity index (χ0) is 41.6. The van der Waals surface area contributed by atoms with E-state index in [1.807, 2.05) is 17.1 Å². The highest BCUT2D eigenvalue weighted by Gasteiger charge is 2.68. The van der Waals surface area contributed by atoms with Crippen LogP contribution in [0.5, 0.6) is 0 Å². The van der Waals surface area contributed by atoms with Gasteiger partial charge in [0.2, 0.25) is 11.8 Å². The van der Waals surface area contributed by atoms with Crippen molar-refractivity contribution in [2.75, 3.05) is 43.1 Å². The van der Waals surface area contributed by atoms with Crippen LogP contribution >= 0.6 is 7.60 Å². The van der Waals surface area contributed by atoms with Crippen LogP contribution in [-0.2, 0) is 38.9 Å². The van der Waals surface area contributed by atoms with Crippen molar-refractivity contribution in [1.82, 2.24) is 15.5 Å². The maximum absolute atomic E-state index is 14.4. The summed E-state index contributed by atoms with van der Waals surface area (Å²) in [6, 6.07) is 0.789. The zero-order valence-electron chi connectivity index (χ0n) is 33.5. The average Bonchev–Trinajstić information content (AvgIpc) is 3.67. The summed E-state index contributed by atoms with van der Waals surface area (Å²) in [4.78, 5) is 58.5. The topological polar surface area (TPSA) is 165 Å². The highest BCUT2D eigenvalue weighted by Crippen LogP contribution is 2.73. The summed E-state index contributed by atoms with van der Waals surface area (Å²) in [5, 5.41) is 6.68. The molecular formula is C39H57F3N5O9P. The van der Waals surface area contributed by atoms with E-state index in [1.165, 1.54) is 11.0 Å². The Labute approximate surface area is 332 Å². The Bertz CT molecular complexity index is 1690. The quantitative estimate of drug-likeness (QED) is 0.166. The highest BCUT2D eigenvalue weighted by molar-refractivity contribution is 7.56. The van der Waals surface area contributed by atoms with Gasteiger partial charge in [-0.15, -0.1) is 0 Å². The van der Waals surface area contributed by atoms with Crippen LogP contribution in [0.4, 0.5) is 34.1 Å². The van der Waals surface area contributed by atoms with Crippen molar-refractivity contribution >= 4 is 43.0 Å². The van der Waals surface area contributed by atoms with Gasteiger partial charge in [0, 0.05) is 25.4 Å². The van der Waals surface area contributed by atoms with Crippen molar-refractivity contribution in [2.45, 2.75) is 134 Å². The van der Waals surface area contributed by atoms with Gasteiger partial charge in [-0.25, -0.2) is 9.59 Å². The van der Waals surface area contributed by atoms with E-state index in [0.717, 1.165) is 44.2 Å². The molecule has 4 amide bonds. The molecule has 1 aromatic carbocycles. The standard InChI is InChI=1S/C39H57F3N5O9P/c1-6-53-57(52,54-7-2)38-24-27(38)16-12-9-8-10-13-17-29(43-36(51)56-37(3,4)5)34(49)47-25-28(23-32(47)33(48)45-38)55-35(50)44-30-22-26(39(40,41)42)18-19-31(30)46-20-14-11-15-21-46/h12,16,18-19,22,27-29,32H,6-11,13-15,17,20-21,23-25H2,1-5H3,(H,43,51)(H,44,50)(H,45,48)/t27-,28-,29+,32+,38+/m1/s1. The minimum Gasteiger partial charge on any atom is -0.444 e. The van der Waals surface area contributed by atoms with Crippen molar-refractivity contribution in [3.63, 3.8) is 0 Å². The number of alkyl carbamates (subject to hydrolysis) is 1. The molecule has 5 atom stereocenters. The number of nitrogens with zero attached hydrogens (tertiary/aromatic N) is 2. The lowest BCUT2D eigenvalue weighted by molar-refractivity contribution is -0.140. The van der Waals surface area contributed by atoms with Crippen molar-refractivity contribution < 1.29 is 55.4 Å². The molecule has 1 aliphatic carbocycles. The Morgan fingerprint density at radius 2 is 1.67 bits per heavy atom. The molecule has 1 saturated carbocycles. The lowest BCUT2D eigenvalue weighted by Crippen LogP contribution is -2.55. The number of alkyl halides is 3. The van der Waals surface area contributed by atoms with Gasteiger partial charge in [-0.1, -0.05) is 25.0 Å². The van der Waals surface area contributed by atoms with Crippen molar-refractivity contribution in [1.29, 1.82) is 0 Å². The molecule has 2 saturated heterocycles. The molecule has 3 aliphatic heterocycles. The number of ether oxygens (including phenoxy) is 2. The Hall–Kier alpha value is -3.82. The van der Waals surface area contributed by atoms with Gasteiger partial charge in [0.1, 0.15) is 29.1 Å². The summed E-state index contributed by atoms with van der Waals surface area (Å²) in [7, 11) is -3.96. The minimum absolute atomic E-state index is 0.0494. The van der Waals surface area contributed by atoms with Gasteiger partial charge >= 0.3 is 26.0 Å². The number of halogens is 3. The molecule has 0 radical (unpaired) electrons. The number of carbonyl (C=O) groups excluding carboxylic acids is 4. The van der Waals surface area contributed by atoms with Crippen LogP contribution in [0.2, 0.25) is 0 Å². The van der Waals surface area contributed by atoms with Crippen LogP contribution in [0.15, 0.2) is 30.4 Å². The molecule has 3 heterocycles. The van der Waals surface area contributed by atoms with E-state index >= 15 is 0 Å². The second-order valence-corrected chi connectivity index (χ2v) is 18.3. The number of fused-ring (bicyclic) bond motifs is 2. The van der Waals surface area contributed by atoms with Crippen molar-refractivity contribution in [3.05, 3.63) is 35.9 Å². The molecular weight excluding hydrogens is 770 g/mol. The average molecular weight is 828 g/mol. The van der Waals surface area contributed by atoms with E-state index in [1.54, 1.807) is 34.6 Å². The summed E-state index contributed by atoms with van der Waals surface area (Å²) in [5.74, 6) is -1.70. The van der Waals surface area contributed by atoms with Crippen LogP contribution in [0.25, 0.3) is 0 Å². The molecule has 0 spiro atoms. The molecule has 3 fully saturated rings. The molecule has 57 heavy (non-hydrogen) atoms. The number of hydrogen-bond donors (Lipinski definition) is 3. The molecule has 318 valence electrons. The van der Waals surface area contributed by atoms with Gasteiger partial charge in [-0.3, -0.25) is 19.5 Å². The number of allylic oxidation sites excluding steroid dienone is 1. The number of nitrogens with one attached hydrogen (secondary N) is 3. The number of anilines is 2. The van der Waals surface area contributed by atoms with Crippen molar-refractivity contribution in [2.24, 2.45) is 5.92 Å². The fourth-order valence-electron chi connectivity index (χ4n) is 7.78. The second-order valence-electron chi connectivity index (χ2n) is 16.0. The van der Waals surface area contributed by atoms with Gasteiger partial charge in [0.25, 0.3) is 0 Å². The van der Waals surface area contributed by atoms with E-state index in [-0.39, 0.29) is 50.6 Å². The van der Waals surface area contributed by atoms with Gasteiger partial charge < -0.3 is 39.0 Å². The number of carbonyl (C=O) groups is 4. The Morgan fingerprint density at radius 3 is 2.32 bits per heavy atom. The first-order valence-electron chi connectivity index (χ1n) is 20.0. The number of rotatable bonds is 9. The van der Waals surface area contributed by atoms with Crippen molar-refractivity contribution in [3.8, 4) is 0 Å². The fourth-order valence-corrected chi connectivity index (χ4v) is 10.2. The summed E-state index contributed by atoms with van der Waals surface area (Å²) in [6.45, 7) is 9.41. The van der Waals surface area contributed by atoms with Gasteiger partial charge in [0.15, 0.2) is 0 Å². The normalized spacial score (nSPS) is 26.3. The summed E-state index contributed by atoms with van der Waals surface area (Å²) in [5.41, 5.74) is -1.48. The Kier molecular flexibility index (Phi) is 14.3. The predicted molar refractivity (Wildman–Crippen MR) is 207 cm³/mol. The van der Waals surface area contributed by atoms with E-state index in [2.05, 4.69) is 16.0 Å². The second kappa shape index (κ2) is 18.4. The smallest absolute Gasteiger partial charge is 0.416 e. The molecule has 5 rings (SSSR count). The molecule has 14 nitrogen and oxygen atoms in total. The first-order chi connectivity index (χ1) is 26.9. The number of benzene rings is 1. The van der Waals surface area contributed by atoms with E-state index in [4.69, 9.17) is 18.5 Å². The molecule has 18 heteroatoms. The molecule has 0 bridgehead atoms. The third-order valence-corrected chi connectivity index (χ3v) is 13.3. The van der Waals surface area contributed by atoms with E-state index < -0.39 is 72.4 Å². The third kappa shape index (κ3) is 11.0. The van der Waals surface area contributed by atoms with Gasteiger partial charge in [0.05, 0.1) is 36.7 Å². The summed E-state index contributed by atoms with van der Waals surface area (Å²) in [6.07, 6.45) is 1.90. The van der Waals surface area contributed by atoms with Gasteiger partial charge in [-0.05, 0) is 97.8 Å². The summed E-state index contributed by atoms with van der Waals surface area (Å²) >= 11 is 0. The lowest BCUT2D eigenvalue weighted by atomic mass is 10.0. The van der Waals surface area contributed by atoms with Crippen LogP contribution in [0, 0.1) is 5.92 Å². The fraction of sp³-hybridized carbons (Fsp3) is 0.692. The maximum atomic E-state index is 14.4. The number of hydrogen-bond acceptors (Lipinski definition) is 10. The monoisotopic (exact) mass is 827 g/mol. The Balaban J connectivity index is 1.45. The van der Waals surface area contributed by atoms with E-state index in [0.29, 0.717) is 31.6 Å². The molecule has 0 unspecified atom stereocenters. The number of piperidine rings is 1. The van der Waals surface area contributed by atoms with Crippen LogP contribution in [0.3, 0.4) is 0 Å². The predicted octanol–water partition coefficient (Wildman–Crippen LogP) is 7.73. The molecule has 0 aromatic heterocycles. The third-order valence-electron chi connectivity index (χ3n) is 10.5. The molecule has 1 aromatic rings. The van der Waals surface area contributed by atoms with Crippen LogP contribution in [0.1, 0.15) is 104 Å². The van der Waals surface area contributed by atoms with E-state index in [9.17, 15) is 36.9 Å². The minimum atomic E-state index is -4.67. The zero-order valence-corrected chi connectivity index (χ0v) is 34.3. The van der Waals surface area contributed by atoms with Crippen LogP contribution < -0.4 is 20.9 Å². The first-order valence-corrected chi connectivity index (χ1v) is 21.6. The molecule has 3 N–H and O–H groups in total. The highest BCUT2D eigenvalue weighted by atomic mass is 31.2. The molecule has 4 aliphatic rings. The summed E-state index contributed by atoms with van der Waals surface area (Å²) < 4.78 is 78.4. The number of amides is 4. The van der Waals surface area contributed by atoms with Crippen LogP contribution in [-0.4, -0.2) is 90.8 Å². The largest absolute Gasteiger partial charge is 0.444 e. The SMILES string of the molecule is CCOP(=O)(OCC)[C@@]12C[C@H]1C=CCCCCC[C@H](NC(=O)OC(C)(C)C)C(=O)N1C[C@H](OC(=O)Nc3cc(C(F)(F)F)ccc3N3CCCCC3)C[C@H]1C(=O)N2. The first kappa shape index (κ1) is 44.3. The maximum Gasteiger partial charge on any atom is 0.416 e. The Morgan fingerprint density at radius 1 is 0.982 bits per heavy atom.